The highest BCUT2D eigenvalue weighted by atomic mass is 16.6. The van der Waals surface area contributed by atoms with Gasteiger partial charge in [0, 0.05) is 7.11 Å². The quantitative estimate of drug-likeness (QED) is 0.517. The predicted octanol–water partition coefficient (Wildman–Crippen LogP) is -0.535. The van der Waals surface area contributed by atoms with Crippen molar-refractivity contribution in [3.8, 4) is 0 Å². The Morgan fingerprint density at radius 3 is 2.97 bits per heavy atom. The van der Waals surface area contributed by atoms with Gasteiger partial charge in [0.05, 0.1) is 24.5 Å². The summed E-state index contributed by atoms with van der Waals surface area (Å²) in [6.07, 6.45) is 1.94. The maximum Gasteiger partial charge on any atom is 0.237 e. The summed E-state index contributed by atoms with van der Waals surface area (Å²) in [4.78, 5) is 30.1. The third-order valence-electron chi connectivity index (χ3n) is 5.78. The fraction of sp³-hybridized carbons (Fsp3) is 0.667. The normalized spacial score (nSPS) is 33.1. The Kier molecular flexibility index (Phi) is 5.63. The van der Waals surface area contributed by atoms with E-state index in [-0.39, 0.29) is 11.9 Å². The lowest BCUT2D eigenvalue weighted by molar-refractivity contribution is -0.182. The number of hydrogen-bond donors (Lipinski definition) is 4. The molecule has 2 aromatic rings. The molecule has 0 radical (unpaired) electrons. The standard InChI is InChI=1S/C18H27N7O4/c1-9-11(23-17(27)10-5-4-6-25(10)2)13(26)14(28-3)18(29-9)24-16-12-15(20-7-19-12)21-8-22-16/h7-11,13-14,18,26H,4-6H2,1-3H3,(H,23,27)(H2,19,20,21,22,24)/t9-,10+,11-,13+,14-,18-/m0/s1. The van der Waals surface area contributed by atoms with E-state index in [1.807, 2.05) is 18.9 Å². The molecule has 4 heterocycles. The second-order valence-electron chi connectivity index (χ2n) is 7.59. The second-order valence-corrected chi connectivity index (χ2v) is 7.59. The van der Waals surface area contributed by atoms with E-state index in [1.165, 1.54) is 19.8 Å². The zero-order valence-corrected chi connectivity index (χ0v) is 16.7. The molecule has 4 N–H and O–H groups in total. The number of aliphatic hydroxyl groups is 1. The fourth-order valence-electron chi connectivity index (χ4n) is 4.15. The number of hydrogen-bond acceptors (Lipinski definition) is 9. The number of carbonyl (C=O) groups excluding carboxylic acids is 1. The lowest BCUT2D eigenvalue weighted by Crippen LogP contribution is -2.65. The molecule has 29 heavy (non-hydrogen) atoms. The van der Waals surface area contributed by atoms with E-state index in [0.717, 1.165) is 19.4 Å². The summed E-state index contributed by atoms with van der Waals surface area (Å²) >= 11 is 0. The number of aromatic amines is 1. The van der Waals surface area contributed by atoms with Crippen molar-refractivity contribution in [3.63, 3.8) is 0 Å². The van der Waals surface area contributed by atoms with Crippen LogP contribution in [0.25, 0.3) is 11.2 Å². The van der Waals surface area contributed by atoms with E-state index in [2.05, 4.69) is 30.6 Å². The van der Waals surface area contributed by atoms with Crippen LogP contribution in [0.2, 0.25) is 0 Å². The highest BCUT2D eigenvalue weighted by Gasteiger charge is 2.45. The molecule has 2 fully saturated rings. The van der Waals surface area contributed by atoms with Crippen molar-refractivity contribution in [1.29, 1.82) is 0 Å². The fourth-order valence-corrected chi connectivity index (χ4v) is 4.15. The van der Waals surface area contributed by atoms with Gasteiger partial charge in [0.2, 0.25) is 5.91 Å². The number of likely N-dealkylation sites (N-methyl/N-ethyl adjacent to an activating group) is 1. The summed E-state index contributed by atoms with van der Waals surface area (Å²) in [5.74, 6) is 0.398. The number of amides is 1. The van der Waals surface area contributed by atoms with Crippen LogP contribution >= 0.6 is 0 Å². The van der Waals surface area contributed by atoms with Crippen molar-refractivity contribution in [3.05, 3.63) is 12.7 Å². The van der Waals surface area contributed by atoms with Crippen LogP contribution in [0.5, 0.6) is 0 Å². The van der Waals surface area contributed by atoms with Gasteiger partial charge in [-0.05, 0) is 33.4 Å². The second kappa shape index (κ2) is 8.19. The summed E-state index contributed by atoms with van der Waals surface area (Å²) in [5.41, 5.74) is 1.15. The Bertz CT molecular complexity index is 862. The minimum absolute atomic E-state index is 0.0965. The molecule has 158 valence electrons. The molecule has 2 aromatic heterocycles. The highest BCUT2D eigenvalue weighted by Crippen LogP contribution is 2.26. The number of H-pyrrole nitrogens is 1. The van der Waals surface area contributed by atoms with Crippen LogP contribution in [0.3, 0.4) is 0 Å². The number of rotatable bonds is 5. The third-order valence-corrected chi connectivity index (χ3v) is 5.78. The summed E-state index contributed by atoms with van der Waals surface area (Å²) < 4.78 is 11.6. The maximum atomic E-state index is 12.7. The van der Waals surface area contributed by atoms with E-state index in [1.54, 1.807) is 0 Å². The van der Waals surface area contributed by atoms with Crippen molar-refractivity contribution in [2.45, 2.75) is 56.4 Å². The zero-order chi connectivity index (χ0) is 20.5. The number of fused-ring (bicyclic) bond motifs is 1. The first-order chi connectivity index (χ1) is 14.0. The topological polar surface area (TPSA) is 138 Å². The molecule has 4 rings (SSSR count). The van der Waals surface area contributed by atoms with Gasteiger partial charge in [-0.3, -0.25) is 9.69 Å². The number of likely N-dealkylation sites (tertiary alicyclic amines) is 1. The summed E-state index contributed by atoms with van der Waals surface area (Å²) in [5, 5.41) is 17.1. The van der Waals surface area contributed by atoms with Crippen LogP contribution in [0.15, 0.2) is 12.7 Å². The maximum absolute atomic E-state index is 12.7. The van der Waals surface area contributed by atoms with Gasteiger partial charge in [-0.1, -0.05) is 0 Å². The Morgan fingerprint density at radius 2 is 2.24 bits per heavy atom. The Balaban J connectivity index is 1.48. The Hall–Kier alpha value is -2.34. The molecule has 11 heteroatoms. The molecule has 2 aliphatic heterocycles. The van der Waals surface area contributed by atoms with Crippen LogP contribution in [0.4, 0.5) is 5.82 Å². The van der Waals surface area contributed by atoms with Gasteiger partial charge in [-0.25, -0.2) is 15.0 Å². The van der Waals surface area contributed by atoms with Gasteiger partial charge in [0.1, 0.15) is 24.1 Å². The number of nitrogens with zero attached hydrogens (tertiary/aromatic N) is 4. The van der Waals surface area contributed by atoms with E-state index < -0.39 is 30.6 Å². The molecule has 2 saturated heterocycles. The number of aromatic nitrogens is 4. The Labute approximate surface area is 168 Å². The van der Waals surface area contributed by atoms with Crippen LogP contribution in [0.1, 0.15) is 19.8 Å². The first-order valence-electron chi connectivity index (χ1n) is 9.77. The molecule has 1 amide bonds. The van der Waals surface area contributed by atoms with E-state index in [4.69, 9.17) is 9.47 Å². The van der Waals surface area contributed by atoms with E-state index in [0.29, 0.717) is 17.0 Å². The minimum Gasteiger partial charge on any atom is -0.388 e. The van der Waals surface area contributed by atoms with Gasteiger partial charge in [0.15, 0.2) is 17.7 Å². The van der Waals surface area contributed by atoms with Crippen LogP contribution in [-0.4, -0.2) is 93.2 Å². The first-order valence-corrected chi connectivity index (χ1v) is 9.77. The van der Waals surface area contributed by atoms with Crippen LogP contribution in [-0.2, 0) is 14.3 Å². The number of ether oxygens (including phenoxy) is 2. The largest absolute Gasteiger partial charge is 0.388 e. The molecule has 0 aromatic carbocycles. The van der Waals surface area contributed by atoms with Crippen molar-refractivity contribution in [2.75, 3.05) is 26.0 Å². The van der Waals surface area contributed by atoms with Gasteiger partial charge in [-0.2, -0.15) is 0 Å². The van der Waals surface area contributed by atoms with Crippen molar-refractivity contribution in [1.82, 2.24) is 30.2 Å². The molecule has 2 aliphatic rings. The Morgan fingerprint density at radius 1 is 1.41 bits per heavy atom. The van der Waals surface area contributed by atoms with Crippen molar-refractivity contribution in [2.24, 2.45) is 0 Å². The molecule has 0 spiro atoms. The smallest absolute Gasteiger partial charge is 0.237 e. The van der Waals surface area contributed by atoms with Crippen molar-refractivity contribution < 1.29 is 19.4 Å². The van der Waals surface area contributed by atoms with Gasteiger partial charge >= 0.3 is 0 Å². The van der Waals surface area contributed by atoms with E-state index in [9.17, 15) is 9.90 Å². The number of nitrogens with one attached hydrogen (secondary N) is 3. The van der Waals surface area contributed by atoms with Crippen LogP contribution < -0.4 is 10.6 Å². The minimum atomic E-state index is -0.962. The highest BCUT2D eigenvalue weighted by molar-refractivity contribution is 5.83. The SMILES string of the molecule is CO[C@H]1[C@H](O)[C@@H](NC(=O)[C@H]2CCCN2C)[C@H](C)O[C@@H]1Nc1ncnc2nc[nH]c12. The molecule has 6 atom stereocenters. The third kappa shape index (κ3) is 3.78. The van der Waals surface area contributed by atoms with Crippen molar-refractivity contribution >= 4 is 22.9 Å². The average Bonchev–Trinajstić information content (AvgIpc) is 3.34. The monoisotopic (exact) mass is 405 g/mol. The number of aliphatic hydroxyl groups excluding tert-OH is 1. The number of methoxy groups -OCH3 is 1. The number of carbonyl (C=O) groups is 1. The van der Waals surface area contributed by atoms with Crippen LogP contribution in [0, 0.1) is 0 Å². The lowest BCUT2D eigenvalue weighted by Gasteiger charge is -2.44. The average molecular weight is 405 g/mol. The number of anilines is 1. The van der Waals surface area contributed by atoms with Gasteiger partial charge in [-0.15, -0.1) is 0 Å². The van der Waals surface area contributed by atoms with Gasteiger partial charge < -0.3 is 30.2 Å². The molecular weight excluding hydrogens is 378 g/mol. The molecule has 0 aliphatic carbocycles. The predicted molar refractivity (Wildman–Crippen MR) is 104 cm³/mol. The summed E-state index contributed by atoms with van der Waals surface area (Å²) in [6, 6.07) is -0.766. The van der Waals surface area contributed by atoms with Gasteiger partial charge in [0.25, 0.3) is 0 Å². The molecule has 0 bridgehead atoms. The van der Waals surface area contributed by atoms with E-state index >= 15 is 0 Å². The first kappa shape index (κ1) is 20.0. The summed E-state index contributed by atoms with van der Waals surface area (Å²) in [7, 11) is 3.43. The molecular formula is C18H27N7O4. The molecule has 0 saturated carbocycles. The number of imidazole rings is 1. The molecule has 0 unspecified atom stereocenters. The summed E-state index contributed by atoms with van der Waals surface area (Å²) in [6.45, 7) is 2.71. The zero-order valence-electron chi connectivity index (χ0n) is 16.7. The lowest BCUT2D eigenvalue weighted by atomic mass is 9.95. The molecule has 11 nitrogen and oxygen atoms in total.